The van der Waals surface area contributed by atoms with Gasteiger partial charge in [-0.1, -0.05) is 5.92 Å². The Morgan fingerprint density at radius 3 is 2.46 bits per heavy atom. The number of alkyl halides is 3. The van der Waals surface area contributed by atoms with E-state index in [4.69, 9.17) is 11.5 Å². The highest BCUT2D eigenvalue weighted by atomic mass is 19.4. The number of carbonyl (C=O) groups is 2. The summed E-state index contributed by atoms with van der Waals surface area (Å²) in [7, 11) is 0. The molecule has 3 aromatic rings. The predicted octanol–water partition coefficient (Wildman–Crippen LogP) is 3.60. The van der Waals surface area contributed by atoms with Crippen molar-refractivity contribution in [2.24, 2.45) is 5.73 Å². The molecule has 39 heavy (non-hydrogen) atoms. The Kier molecular flexibility index (Phi) is 7.94. The number of halogens is 4. The number of nitrogens with zero attached hydrogens (tertiary/aromatic N) is 5. The molecule has 1 saturated heterocycles. The molecule has 1 aromatic carbocycles. The molecule has 2 amide bonds. The molecule has 0 atom stereocenters. The van der Waals surface area contributed by atoms with E-state index in [9.17, 15) is 27.2 Å². The Morgan fingerprint density at radius 2 is 1.85 bits per heavy atom. The van der Waals surface area contributed by atoms with Crippen LogP contribution in [0.5, 0.6) is 0 Å². The SMILES string of the molecule is CC#CC(=O)N1CCCC(n2nc(-c3cnn(Cc4cc(F)cc(C(F)(F)F)c4)c3)c(C(N)=O)c2N)CCC1. The number of primary amides is 1. The summed E-state index contributed by atoms with van der Waals surface area (Å²) in [6.45, 7) is 2.53. The first-order valence-electron chi connectivity index (χ1n) is 12.3. The molecule has 13 heteroatoms. The van der Waals surface area contributed by atoms with E-state index in [1.165, 1.54) is 17.1 Å². The Hall–Kier alpha value is -4.34. The maximum absolute atomic E-state index is 13.8. The van der Waals surface area contributed by atoms with Crippen LogP contribution in [0.4, 0.5) is 23.4 Å². The second-order valence-electron chi connectivity index (χ2n) is 9.30. The van der Waals surface area contributed by atoms with Crippen LogP contribution in [-0.2, 0) is 17.5 Å². The lowest BCUT2D eigenvalue weighted by Crippen LogP contribution is -2.34. The number of hydrogen-bond donors (Lipinski definition) is 2. The maximum Gasteiger partial charge on any atom is 0.416 e. The number of nitrogens with two attached hydrogens (primary N) is 2. The van der Waals surface area contributed by atoms with Gasteiger partial charge in [-0.05, 0) is 62.3 Å². The van der Waals surface area contributed by atoms with Gasteiger partial charge in [-0.2, -0.15) is 23.4 Å². The van der Waals surface area contributed by atoms with E-state index in [-0.39, 0.29) is 41.1 Å². The predicted molar refractivity (Wildman–Crippen MR) is 134 cm³/mol. The van der Waals surface area contributed by atoms with Gasteiger partial charge in [-0.25, -0.2) is 9.07 Å². The second kappa shape index (κ2) is 11.2. The lowest BCUT2D eigenvalue weighted by Gasteiger charge is -2.27. The molecule has 1 fully saturated rings. The number of benzene rings is 1. The molecule has 0 aliphatic carbocycles. The molecule has 0 bridgehead atoms. The van der Waals surface area contributed by atoms with Gasteiger partial charge in [0.05, 0.1) is 24.3 Å². The highest BCUT2D eigenvalue weighted by molar-refractivity contribution is 6.03. The Labute approximate surface area is 221 Å². The van der Waals surface area contributed by atoms with Crippen molar-refractivity contribution in [3.05, 3.63) is 53.1 Å². The molecule has 206 valence electrons. The monoisotopic (exact) mass is 545 g/mol. The fourth-order valence-electron chi connectivity index (χ4n) is 4.76. The fraction of sp³-hybridized carbons (Fsp3) is 0.385. The zero-order valence-electron chi connectivity index (χ0n) is 21.1. The van der Waals surface area contributed by atoms with E-state index >= 15 is 0 Å². The van der Waals surface area contributed by atoms with Crippen molar-refractivity contribution in [1.82, 2.24) is 24.5 Å². The van der Waals surface area contributed by atoms with E-state index < -0.39 is 23.5 Å². The molecular formula is C26H27F4N7O2. The van der Waals surface area contributed by atoms with Crippen LogP contribution in [0, 0.1) is 17.7 Å². The number of rotatable bonds is 5. The van der Waals surface area contributed by atoms with Crippen molar-refractivity contribution in [2.45, 2.75) is 51.4 Å². The second-order valence-corrected chi connectivity index (χ2v) is 9.30. The van der Waals surface area contributed by atoms with Crippen molar-refractivity contribution in [2.75, 3.05) is 18.8 Å². The highest BCUT2D eigenvalue weighted by Crippen LogP contribution is 2.33. The largest absolute Gasteiger partial charge is 0.416 e. The molecule has 1 aliphatic rings. The van der Waals surface area contributed by atoms with Gasteiger partial charge in [-0.15, -0.1) is 0 Å². The molecule has 0 radical (unpaired) electrons. The third-order valence-electron chi connectivity index (χ3n) is 6.53. The van der Waals surface area contributed by atoms with Crippen molar-refractivity contribution < 1.29 is 27.2 Å². The third-order valence-corrected chi connectivity index (χ3v) is 6.53. The number of nitrogen functional groups attached to an aromatic ring is 1. The highest BCUT2D eigenvalue weighted by Gasteiger charge is 2.31. The molecular weight excluding hydrogens is 518 g/mol. The van der Waals surface area contributed by atoms with Crippen LogP contribution in [0.15, 0.2) is 30.6 Å². The third kappa shape index (κ3) is 6.22. The Morgan fingerprint density at radius 1 is 1.15 bits per heavy atom. The zero-order chi connectivity index (χ0) is 28.3. The Balaban J connectivity index is 1.58. The maximum atomic E-state index is 13.8. The van der Waals surface area contributed by atoms with Crippen LogP contribution < -0.4 is 11.5 Å². The summed E-state index contributed by atoms with van der Waals surface area (Å²) in [5.74, 6) is 3.26. The minimum absolute atomic E-state index is 0.0109. The van der Waals surface area contributed by atoms with Gasteiger partial charge < -0.3 is 16.4 Å². The summed E-state index contributed by atoms with van der Waals surface area (Å²) in [4.78, 5) is 26.2. The van der Waals surface area contributed by atoms with E-state index in [1.807, 2.05) is 0 Å². The summed E-state index contributed by atoms with van der Waals surface area (Å²) in [6, 6.07) is 2.13. The average Bonchev–Trinajstić information content (AvgIpc) is 3.42. The van der Waals surface area contributed by atoms with Crippen LogP contribution in [0.25, 0.3) is 11.3 Å². The zero-order valence-corrected chi connectivity index (χ0v) is 21.1. The van der Waals surface area contributed by atoms with Crippen LogP contribution >= 0.6 is 0 Å². The summed E-state index contributed by atoms with van der Waals surface area (Å²) in [6.07, 6.45) is 0.815. The van der Waals surface area contributed by atoms with Gasteiger partial charge in [-0.3, -0.25) is 14.3 Å². The smallest absolute Gasteiger partial charge is 0.383 e. The normalized spacial score (nSPS) is 14.8. The summed E-state index contributed by atoms with van der Waals surface area (Å²) >= 11 is 0. The van der Waals surface area contributed by atoms with Crippen LogP contribution in [0.2, 0.25) is 0 Å². The van der Waals surface area contributed by atoms with Crippen LogP contribution in [0.1, 0.15) is 60.1 Å². The Bertz CT molecular complexity index is 1440. The van der Waals surface area contributed by atoms with Gasteiger partial charge in [0.15, 0.2) is 0 Å². The lowest BCUT2D eigenvalue weighted by atomic mass is 10.0. The molecule has 2 aromatic heterocycles. The number of aromatic nitrogens is 4. The standard InChI is InChI=1S/C26H27F4N7O2/c1-2-5-21(38)35-8-3-6-20(7-4-9-35)37-24(31)22(25(32)39)23(34-37)17-13-33-36(15-17)14-16-10-18(26(28,29)30)12-19(27)11-16/h10-13,15,20H,3-4,6-9,14,31H2,1H3,(H2,32,39). The van der Waals surface area contributed by atoms with Gasteiger partial charge in [0, 0.05) is 24.8 Å². The van der Waals surface area contributed by atoms with Crippen molar-refractivity contribution >= 4 is 17.6 Å². The van der Waals surface area contributed by atoms with E-state index in [1.54, 1.807) is 16.5 Å². The number of amides is 2. The number of likely N-dealkylation sites (tertiary alicyclic amines) is 1. The summed E-state index contributed by atoms with van der Waals surface area (Å²) < 4.78 is 55.9. The topological polar surface area (TPSA) is 125 Å². The van der Waals surface area contributed by atoms with Crippen LogP contribution in [0.3, 0.4) is 0 Å². The van der Waals surface area contributed by atoms with Crippen molar-refractivity contribution in [3.63, 3.8) is 0 Å². The first-order valence-corrected chi connectivity index (χ1v) is 12.3. The lowest BCUT2D eigenvalue weighted by molar-refractivity contribution is -0.137. The minimum Gasteiger partial charge on any atom is -0.383 e. The molecule has 4 rings (SSSR count). The van der Waals surface area contributed by atoms with E-state index in [0.29, 0.717) is 50.4 Å². The van der Waals surface area contributed by atoms with Gasteiger partial charge in [0.25, 0.3) is 11.8 Å². The molecule has 0 saturated carbocycles. The van der Waals surface area contributed by atoms with Gasteiger partial charge in [0.2, 0.25) is 0 Å². The molecule has 0 spiro atoms. The molecule has 9 nitrogen and oxygen atoms in total. The van der Waals surface area contributed by atoms with Gasteiger partial charge >= 0.3 is 6.18 Å². The van der Waals surface area contributed by atoms with E-state index in [2.05, 4.69) is 22.0 Å². The summed E-state index contributed by atoms with van der Waals surface area (Å²) in [5, 5.41) is 8.74. The molecule has 3 heterocycles. The fourth-order valence-corrected chi connectivity index (χ4v) is 4.76. The first-order chi connectivity index (χ1) is 18.5. The van der Waals surface area contributed by atoms with Crippen LogP contribution in [-0.4, -0.2) is 49.4 Å². The summed E-state index contributed by atoms with van der Waals surface area (Å²) in [5.41, 5.74) is 11.5. The van der Waals surface area contributed by atoms with Gasteiger partial charge in [0.1, 0.15) is 22.9 Å². The van der Waals surface area contributed by atoms with E-state index in [0.717, 1.165) is 12.1 Å². The average molecular weight is 546 g/mol. The number of anilines is 1. The minimum atomic E-state index is -4.69. The quantitative estimate of drug-likeness (QED) is 0.375. The van der Waals surface area contributed by atoms with Crippen molar-refractivity contribution in [3.8, 4) is 23.1 Å². The molecule has 4 N–H and O–H groups in total. The molecule has 1 aliphatic heterocycles. The first kappa shape index (κ1) is 27.7. The number of carbonyl (C=O) groups excluding carboxylic acids is 2. The molecule has 0 unspecified atom stereocenters. The number of hydrogen-bond acceptors (Lipinski definition) is 5. The van der Waals surface area contributed by atoms with Crippen molar-refractivity contribution in [1.29, 1.82) is 0 Å².